The van der Waals surface area contributed by atoms with Gasteiger partial charge in [0.1, 0.15) is 11.9 Å². The number of hydrogen-bond acceptors (Lipinski definition) is 10. The third-order valence-corrected chi connectivity index (χ3v) is 5.66. The highest BCUT2D eigenvalue weighted by atomic mass is 16.7. The number of nitrogens with two attached hydrogens (primary N) is 1. The molecule has 0 amide bonds. The largest absolute Gasteiger partial charge is 0.479 e. The molecule has 35 heavy (non-hydrogen) atoms. The molecule has 0 unspecified atom stereocenters. The smallest absolute Gasteiger partial charge is 0.270 e. The molecule has 1 aliphatic heterocycles. The van der Waals surface area contributed by atoms with Gasteiger partial charge in [-0.3, -0.25) is 20.2 Å². The first-order valence-electron chi connectivity index (χ1n) is 10.1. The van der Waals surface area contributed by atoms with E-state index < -0.39 is 33.9 Å². The number of nitro groups is 2. The molecule has 0 aromatic heterocycles. The predicted octanol–water partition coefficient (Wildman–Crippen LogP) is 1.98. The highest BCUT2D eigenvalue weighted by Gasteiger charge is 2.54. The molecule has 2 aromatic rings. The van der Waals surface area contributed by atoms with E-state index >= 15 is 0 Å². The Kier molecular flexibility index (Phi) is 7.15. The van der Waals surface area contributed by atoms with Crippen molar-refractivity contribution in [3.63, 3.8) is 0 Å². The van der Waals surface area contributed by atoms with Crippen LogP contribution in [0.5, 0.6) is 5.75 Å². The number of nitriles is 1. The fourth-order valence-corrected chi connectivity index (χ4v) is 4.06. The van der Waals surface area contributed by atoms with Crippen molar-refractivity contribution in [3.05, 3.63) is 68.3 Å². The Bertz CT molecular complexity index is 1190. The van der Waals surface area contributed by atoms with Gasteiger partial charge in [0.25, 0.3) is 11.4 Å². The molecule has 14 nitrogen and oxygen atoms in total. The van der Waals surface area contributed by atoms with E-state index in [1.807, 2.05) is 0 Å². The van der Waals surface area contributed by atoms with Gasteiger partial charge in [-0.05, 0) is 25.1 Å². The summed E-state index contributed by atoms with van der Waals surface area (Å²) in [6, 6.07) is 7.68. The van der Waals surface area contributed by atoms with Gasteiger partial charge >= 0.3 is 0 Å². The zero-order valence-corrected chi connectivity index (χ0v) is 18.9. The van der Waals surface area contributed by atoms with E-state index in [9.17, 15) is 25.3 Å². The van der Waals surface area contributed by atoms with Gasteiger partial charge in [0, 0.05) is 49.7 Å². The number of aliphatic imine (C=N–C) groups is 1. The van der Waals surface area contributed by atoms with Crippen molar-refractivity contribution in [1.82, 2.24) is 0 Å². The van der Waals surface area contributed by atoms with E-state index in [1.54, 1.807) is 6.19 Å². The van der Waals surface area contributed by atoms with Crippen molar-refractivity contribution in [1.29, 1.82) is 5.26 Å². The van der Waals surface area contributed by atoms with Crippen LogP contribution in [0.2, 0.25) is 0 Å². The van der Waals surface area contributed by atoms with Gasteiger partial charge < -0.3 is 30.0 Å². The third kappa shape index (κ3) is 4.55. The van der Waals surface area contributed by atoms with Crippen LogP contribution in [-0.4, -0.2) is 53.1 Å². The van der Waals surface area contributed by atoms with E-state index in [2.05, 4.69) is 4.99 Å². The van der Waals surface area contributed by atoms with E-state index in [0.717, 1.165) is 0 Å². The molecular weight excluding hydrogens is 464 g/mol. The maximum atomic E-state index is 11.6. The van der Waals surface area contributed by atoms with E-state index in [1.165, 1.54) is 68.5 Å². The molecule has 0 aliphatic carbocycles. The van der Waals surface area contributed by atoms with Crippen molar-refractivity contribution in [2.45, 2.75) is 31.0 Å². The van der Waals surface area contributed by atoms with E-state index in [0.29, 0.717) is 0 Å². The number of aliphatic hydroxyl groups excluding tert-OH is 1. The molecule has 0 saturated carbocycles. The highest BCUT2D eigenvalue weighted by molar-refractivity contribution is 5.96. The summed E-state index contributed by atoms with van der Waals surface area (Å²) in [6.45, 7) is 1.51. The maximum absolute atomic E-state index is 11.6. The quantitative estimate of drug-likeness (QED) is 0.145. The molecule has 3 rings (SSSR count). The number of rotatable bonds is 7. The summed E-state index contributed by atoms with van der Waals surface area (Å²) in [5.74, 6) is -0.220. The van der Waals surface area contributed by atoms with Crippen LogP contribution in [0.3, 0.4) is 0 Å². The maximum Gasteiger partial charge on any atom is 0.270 e. The molecule has 14 heteroatoms. The predicted molar refractivity (Wildman–Crippen MR) is 121 cm³/mol. The van der Waals surface area contributed by atoms with Gasteiger partial charge in [-0.2, -0.15) is 5.26 Å². The van der Waals surface area contributed by atoms with Crippen LogP contribution >= 0.6 is 0 Å². The number of nitrogens with zero attached hydrogens (tertiary/aromatic N) is 5. The topological polar surface area (TPSA) is 200 Å². The fourth-order valence-electron chi connectivity index (χ4n) is 4.06. The lowest BCUT2D eigenvalue weighted by Crippen LogP contribution is -2.63. The average Bonchev–Trinajstić information content (AvgIpc) is 2.82. The molecule has 0 spiro atoms. The Morgan fingerprint density at radius 2 is 1.77 bits per heavy atom. The van der Waals surface area contributed by atoms with Crippen LogP contribution in [0.25, 0.3) is 0 Å². The lowest BCUT2D eigenvalue weighted by atomic mass is 9.83. The number of guanidine groups is 1. The minimum Gasteiger partial charge on any atom is -0.479 e. The van der Waals surface area contributed by atoms with Crippen molar-refractivity contribution >= 4 is 23.0 Å². The average molecular weight is 486 g/mol. The van der Waals surface area contributed by atoms with E-state index in [4.69, 9.17) is 25.2 Å². The first-order valence-corrected chi connectivity index (χ1v) is 10.1. The molecule has 3 N–H and O–H groups in total. The number of non-ortho nitro benzene ring substituents is 2. The summed E-state index contributed by atoms with van der Waals surface area (Å²) < 4.78 is 16.7. The van der Waals surface area contributed by atoms with Crippen molar-refractivity contribution in [2.75, 3.05) is 19.1 Å². The second-order valence-electron chi connectivity index (χ2n) is 7.67. The number of anilines is 1. The third-order valence-electron chi connectivity index (χ3n) is 5.66. The Morgan fingerprint density at radius 1 is 1.20 bits per heavy atom. The molecule has 2 aromatic carbocycles. The number of aliphatic hydroxyl groups is 1. The van der Waals surface area contributed by atoms with Crippen LogP contribution in [0, 0.1) is 31.7 Å². The first kappa shape index (κ1) is 25.3. The van der Waals surface area contributed by atoms with Crippen LogP contribution in [0.15, 0.2) is 47.5 Å². The molecule has 0 fully saturated rings. The van der Waals surface area contributed by atoms with E-state index in [-0.39, 0.29) is 34.3 Å². The number of methoxy groups -OCH3 is 2. The summed E-state index contributed by atoms with van der Waals surface area (Å²) in [7, 11) is 2.69. The number of hydrogen-bond donors (Lipinski definition) is 2. The van der Waals surface area contributed by atoms with Gasteiger partial charge in [0.05, 0.1) is 15.9 Å². The van der Waals surface area contributed by atoms with Gasteiger partial charge in [0.15, 0.2) is 11.9 Å². The zero-order valence-electron chi connectivity index (χ0n) is 18.9. The van der Waals surface area contributed by atoms with Gasteiger partial charge in [0.2, 0.25) is 12.2 Å². The monoisotopic (exact) mass is 486 g/mol. The molecule has 184 valence electrons. The van der Waals surface area contributed by atoms with Crippen LogP contribution in [0.4, 0.5) is 17.1 Å². The highest BCUT2D eigenvalue weighted by Crippen LogP contribution is 2.47. The summed E-state index contributed by atoms with van der Waals surface area (Å²) in [5.41, 5.74) is 4.41. The van der Waals surface area contributed by atoms with Crippen LogP contribution < -0.4 is 15.4 Å². The first-order chi connectivity index (χ1) is 16.6. The standard InChI is InChI=1S/C21H22N6O8/c1-21(19(33-2)34-3)18(28)17(15-10-14(27(31)32)8-9-16(15)35-21)25(20(23)24-11-22)12-4-6-13(7-5-12)26(29)30/h4-10,17-19,28H,1-3H3,(H2,23,24)/t17-,18+,21+/m0/s1. The molecule has 0 radical (unpaired) electrons. The number of nitro benzene ring substituents is 2. The van der Waals surface area contributed by atoms with Crippen LogP contribution in [-0.2, 0) is 9.47 Å². The number of ether oxygens (including phenoxy) is 3. The molecule has 0 saturated heterocycles. The molecular formula is C21H22N6O8. The number of fused-ring (bicyclic) bond motifs is 1. The summed E-state index contributed by atoms with van der Waals surface area (Å²) in [4.78, 5) is 26.2. The zero-order chi connectivity index (χ0) is 25.9. The minimum atomic E-state index is -1.57. The van der Waals surface area contributed by atoms with Gasteiger partial charge in [-0.25, -0.2) is 0 Å². The number of benzene rings is 2. The second kappa shape index (κ2) is 9.89. The normalized spacial score (nSPS) is 21.5. The minimum absolute atomic E-state index is 0.157. The fraction of sp³-hybridized carbons (Fsp3) is 0.333. The Morgan fingerprint density at radius 3 is 2.29 bits per heavy atom. The second-order valence-corrected chi connectivity index (χ2v) is 7.67. The molecule has 3 atom stereocenters. The lowest BCUT2D eigenvalue weighted by Gasteiger charge is -2.49. The summed E-state index contributed by atoms with van der Waals surface area (Å²) in [5, 5.41) is 43.3. The SMILES string of the molecule is COC(OC)[C@]1(C)Oc2ccc([N+](=O)[O-])cc2[C@H](N(C(N)=NC#N)c2ccc([N+](=O)[O-])cc2)[C@H]1O. The summed E-state index contributed by atoms with van der Waals surface area (Å²) in [6.07, 6.45) is -1.06. The van der Waals surface area contributed by atoms with Crippen LogP contribution in [0.1, 0.15) is 18.5 Å². The Labute approximate surface area is 199 Å². The van der Waals surface area contributed by atoms with Crippen molar-refractivity contribution in [2.24, 2.45) is 10.7 Å². The Balaban J connectivity index is 2.30. The molecule has 0 bridgehead atoms. The Hall–Kier alpha value is -4.32. The molecule has 1 aliphatic rings. The van der Waals surface area contributed by atoms with Crippen molar-refractivity contribution in [3.8, 4) is 11.9 Å². The molecule has 1 heterocycles. The van der Waals surface area contributed by atoms with Crippen molar-refractivity contribution < 1.29 is 29.2 Å². The summed E-state index contributed by atoms with van der Waals surface area (Å²) >= 11 is 0. The lowest BCUT2D eigenvalue weighted by molar-refractivity contribution is -0.385. The van der Waals surface area contributed by atoms with Gasteiger partial charge in [-0.1, -0.05) is 0 Å². The van der Waals surface area contributed by atoms with Gasteiger partial charge in [-0.15, -0.1) is 4.99 Å².